The third-order valence-electron chi connectivity index (χ3n) is 4.91. The summed E-state index contributed by atoms with van der Waals surface area (Å²) in [7, 11) is -3.51. The first-order valence-electron chi connectivity index (χ1n) is 9.16. The zero-order chi connectivity index (χ0) is 19.7. The SMILES string of the molecule is Cc1ccc(S(=O)(=O)N2CCN(c3noc(-c4ccccc4)n3)CC2)c(C)c1. The molecule has 0 spiro atoms. The van der Waals surface area contributed by atoms with E-state index in [0.29, 0.717) is 42.9 Å². The Bertz CT molecular complexity index is 1070. The number of benzene rings is 2. The summed E-state index contributed by atoms with van der Waals surface area (Å²) in [5.41, 5.74) is 2.68. The Labute approximate surface area is 164 Å². The van der Waals surface area contributed by atoms with E-state index >= 15 is 0 Å². The first-order valence-corrected chi connectivity index (χ1v) is 10.6. The minimum absolute atomic E-state index is 0.373. The molecular formula is C20H22N4O3S. The monoisotopic (exact) mass is 398 g/mol. The van der Waals surface area contributed by atoms with Gasteiger partial charge in [0.2, 0.25) is 10.0 Å². The van der Waals surface area contributed by atoms with Crippen LogP contribution in [0.25, 0.3) is 11.5 Å². The summed E-state index contributed by atoms with van der Waals surface area (Å²) >= 11 is 0. The van der Waals surface area contributed by atoms with E-state index in [-0.39, 0.29) is 0 Å². The van der Waals surface area contributed by atoms with E-state index in [1.165, 1.54) is 4.31 Å². The van der Waals surface area contributed by atoms with Crippen molar-refractivity contribution in [3.8, 4) is 11.5 Å². The number of aryl methyl sites for hydroxylation is 2. The number of aromatic nitrogens is 2. The molecule has 0 radical (unpaired) electrons. The molecular weight excluding hydrogens is 376 g/mol. The fourth-order valence-corrected chi connectivity index (χ4v) is 5.03. The molecule has 1 aliphatic heterocycles. The molecule has 1 aromatic heterocycles. The minimum atomic E-state index is -3.51. The smallest absolute Gasteiger partial charge is 0.266 e. The van der Waals surface area contributed by atoms with Crippen LogP contribution in [0.4, 0.5) is 5.95 Å². The van der Waals surface area contributed by atoms with Crippen molar-refractivity contribution in [2.75, 3.05) is 31.1 Å². The van der Waals surface area contributed by atoms with Gasteiger partial charge in [-0.05, 0) is 42.8 Å². The lowest BCUT2D eigenvalue weighted by Gasteiger charge is -2.33. The summed E-state index contributed by atoms with van der Waals surface area (Å²) in [6.45, 7) is 5.57. The van der Waals surface area contributed by atoms with Gasteiger partial charge < -0.3 is 9.42 Å². The van der Waals surface area contributed by atoms with Crippen molar-refractivity contribution in [1.82, 2.24) is 14.4 Å². The van der Waals surface area contributed by atoms with Crippen molar-refractivity contribution >= 4 is 16.0 Å². The van der Waals surface area contributed by atoms with Gasteiger partial charge in [0, 0.05) is 31.7 Å². The highest BCUT2D eigenvalue weighted by Gasteiger charge is 2.31. The maximum Gasteiger partial charge on any atom is 0.266 e. The molecule has 0 aliphatic carbocycles. The Morgan fingerprint density at radius 1 is 0.964 bits per heavy atom. The molecule has 1 aliphatic rings. The van der Waals surface area contributed by atoms with Crippen molar-refractivity contribution in [3.63, 3.8) is 0 Å². The molecule has 0 saturated carbocycles. The molecule has 2 aromatic carbocycles. The van der Waals surface area contributed by atoms with Crippen molar-refractivity contribution < 1.29 is 12.9 Å². The molecule has 1 saturated heterocycles. The van der Waals surface area contributed by atoms with Gasteiger partial charge in [0.15, 0.2) is 0 Å². The second kappa shape index (κ2) is 7.37. The van der Waals surface area contributed by atoms with Crippen LogP contribution in [-0.2, 0) is 10.0 Å². The zero-order valence-electron chi connectivity index (χ0n) is 15.9. The highest BCUT2D eigenvalue weighted by molar-refractivity contribution is 7.89. The van der Waals surface area contributed by atoms with Crippen LogP contribution in [0.1, 0.15) is 11.1 Å². The Hall–Kier alpha value is -2.71. The average Bonchev–Trinajstić information content (AvgIpc) is 3.19. The normalized spacial score (nSPS) is 15.7. The lowest BCUT2D eigenvalue weighted by molar-refractivity contribution is 0.377. The van der Waals surface area contributed by atoms with Crippen LogP contribution in [0.15, 0.2) is 57.9 Å². The summed E-state index contributed by atoms with van der Waals surface area (Å²) in [6, 6.07) is 15.0. The highest BCUT2D eigenvalue weighted by atomic mass is 32.2. The van der Waals surface area contributed by atoms with Gasteiger partial charge in [-0.2, -0.15) is 9.29 Å². The van der Waals surface area contributed by atoms with E-state index in [1.807, 2.05) is 61.2 Å². The minimum Gasteiger partial charge on any atom is -0.336 e. The van der Waals surface area contributed by atoms with Crippen LogP contribution < -0.4 is 4.90 Å². The number of rotatable bonds is 4. The Morgan fingerprint density at radius 2 is 1.68 bits per heavy atom. The summed E-state index contributed by atoms with van der Waals surface area (Å²) in [5, 5.41) is 4.06. The summed E-state index contributed by atoms with van der Waals surface area (Å²) in [5.74, 6) is 0.948. The Morgan fingerprint density at radius 3 is 2.36 bits per heavy atom. The molecule has 28 heavy (non-hydrogen) atoms. The van der Waals surface area contributed by atoms with E-state index in [1.54, 1.807) is 6.07 Å². The summed E-state index contributed by atoms with van der Waals surface area (Å²) < 4.78 is 32.9. The quantitative estimate of drug-likeness (QED) is 0.672. The van der Waals surface area contributed by atoms with Gasteiger partial charge in [0.25, 0.3) is 11.8 Å². The fraction of sp³-hybridized carbons (Fsp3) is 0.300. The molecule has 0 atom stereocenters. The Balaban J connectivity index is 1.47. The zero-order valence-corrected chi connectivity index (χ0v) is 16.7. The van der Waals surface area contributed by atoms with E-state index < -0.39 is 10.0 Å². The maximum atomic E-state index is 13.0. The molecule has 0 amide bonds. The van der Waals surface area contributed by atoms with Crippen molar-refractivity contribution in [2.24, 2.45) is 0 Å². The predicted octanol–water partition coefficient (Wildman–Crippen LogP) is 2.86. The second-order valence-corrected chi connectivity index (χ2v) is 8.83. The standard InChI is InChI=1S/C20H22N4O3S/c1-15-8-9-18(16(2)14-15)28(25,26)24-12-10-23(11-13-24)20-21-19(27-22-20)17-6-4-3-5-7-17/h3-9,14H,10-13H2,1-2H3. The fourth-order valence-electron chi connectivity index (χ4n) is 3.40. The molecule has 8 heteroatoms. The van der Waals surface area contributed by atoms with E-state index in [0.717, 1.165) is 16.7 Å². The molecule has 2 heterocycles. The van der Waals surface area contributed by atoms with Crippen LogP contribution in [-0.4, -0.2) is 49.0 Å². The molecule has 7 nitrogen and oxygen atoms in total. The van der Waals surface area contributed by atoms with Crippen LogP contribution in [0.5, 0.6) is 0 Å². The largest absolute Gasteiger partial charge is 0.336 e. The van der Waals surface area contributed by atoms with Crippen molar-refractivity contribution in [1.29, 1.82) is 0 Å². The number of anilines is 1. The van der Waals surface area contributed by atoms with E-state index in [2.05, 4.69) is 10.1 Å². The molecule has 1 fully saturated rings. The number of hydrogen-bond donors (Lipinski definition) is 0. The van der Waals surface area contributed by atoms with Gasteiger partial charge in [-0.1, -0.05) is 35.9 Å². The summed E-state index contributed by atoms with van der Waals surface area (Å²) in [6.07, 6.45) is 0. The number of hydrogen-bond acceptors (Lipinski definition) is 6. The molecule has 146 valence electrons. The maximum absolute atomic E-state index is 13.0. The predicted molar refractivity (Wildman–Crippen MR) is 107 cm³/mol. The first kappa shape index (κ1) is 18.6. The summed E-state index contributed by atoms with van der Waals surface area (Å²) in [4.78, 5) is 6.77. The topological polar surface area (TPSA) is 79.5 Å². The van der Waals surface area contributed by atoms with Gasteiger partial charge in [-0.25, -0.2) is 8.42 Å². The molecule has 0 bridgehead atoms. The average molecular weight is 398 g/mol. The van der Waals surface area contributed by atoms with Crippen molar-refractivity contribution in [2.45, 2.75) is 18.7 Å². The molecule has 3 aromatic rings. The van der Waals surface area contributed by atoms with Crippen LogP contribution in [0.3, 0.4) is 0 Å². The third-order valence-corrected chi connectivity index (χ3v) is 6.96. The first-order chi connectivity index (χ1) is 13.4. The second-order valence-electron chi connectivity index (χ2n) is 6.93. The molecule has 0 unspecified atom stereocenters. The van der Waals surface area contributed by atoms with Crippen LogP contribution in [0.2, 0.25) is 0 Å². The highest BCUT2D eigenvalue weighted by Crippen LogP contribution is 2.24. The molecule has 0 N–H and O–H groups in total. The molecule has 4 rings (SSSR count). The van der Waals surface area contributed by atoms with Gasteiger partial charge in [-0.3, -0.25) is 0 Å². The van der Waals surface area contributed by atoms with Gasteiger partial charge in [-0.15, -0.1) is 0 Å². The lowest BCUT2D eigenvalue weighted by Crippen LogP contribution is -2.49. The number of nitrogens with zero attached hydrogens (tertiary/aromatic N) is 4. The van der Waals surface area contributed by atoms with E-state index in [9.17, 15) is 8.42 Å². The van der Waals surface area contributed by atoms with Crippen LogP contribution >= 0.6 is 0 Å². The third kappa shape index (κ3) is 3.53. The van der Waals surface area contributed by atoms with Crippen LogP contribution in [0, 0.1) is 13.8 Å². The van der Waals surface area contributed by atoms with Gasteiger partial charge in [0.1, 0.15) is 0 Å². The Kier molecular flexibility index (Phi) is 4.91. The van der Waals surface area contributed by atoms with Crippen molar-refractivity contribution in [3.05, 3.63) is 59.7 Å². The number of piperazine rings is 1. The van der Waals surface area contributed by atoms with Gasteiger partial charge in [0.05, 0.1) is 4.90 Å². The van der Waals surface area contributed by atoms with E-state index in [4.69, 9.17) is 4.52 Å². The lowest BCUT2D eigenvalue weighted by atomic mass is 10.2. The number of sulfonamides is 1. The van der Waals surface area contributed by atoms with Gasteiger partial charge >= 0.3 is 0 Å².